The van der Waals surface area contributed by atoms with Crippen molar-refractivity contribution in [2.45, 2.75) is 6.42 Å². The van der Waals surface area contributed by atoms with Crippen LogP contribution in [0, 0.1) is 14.9 Å². The van der Waals surface area contributed by atoms with Gasteiger partial charge in [-0.25, -0.2) is 4.79 Å². The van der Waals surface area contributed by atoms with Gasteiger partial charge in [0.2, 0.25) is 0 Å². The molecule has 0 bridgehead atoms. The van der Waals surface area contributed by atoms with Gasteiger partial charge in [0.05, 0.1) is 8.04 Å². The summed E-state index contributed by atoms with van der Waals surface area (Å²) in [4.78, 5) is 26.4. The van der Waals surface area contributed by atoms with Gasteiger partial charge in [-0.3, -0.25) is 4.79 Å². The van der Waals surface area contributed by atoms with Crippen LogP contribution in [0.2, 0.25) is 0 Å². The van der Waals surface area contributed by atoms with Crippen molar-refractivity contribution >= 4 is 67.4 Å². The summed E-state index contributed by atoms with van der Waals surface area (Å²) in [5, 5.41) is 22.1. The van der Waals surface area contributed by atoms with Gasteiger partial charge in [0, 0.05) is 23.6 Å². The molecule has 3 rings (SSSR count). The zero-order valence-electron chi connectivity index (χ0n) is 16.1. The Balaban J connectivity index is 1.67. The quantitative estimate of drug-likeness (QED) is 0.205. The fourth-order valence-electron chi connectivity index (χ4n) is 2.99. The van der Waals surface area contributed by atoms with E-state index in [1.54, 1.807) is 12.1 Å². The Morgan fingerprint density at radius 3 is 2.81 bits per heavy atom. The number of aliphatic carboxylic acids is 1. The summed E-state index contributed by atoms with van der Waals surface area (Å²) in [6, 6.07) is 13.2. The number of aromatic amines is 1. The van der Waals surface area contributed by atoms with Crippen LogP contribution < -0.4 is 10.1 Å². The highest BCUT2D eigenvalue weighted by atomic mass is 127. The number of nitrogens with zero attached hydrogens (tertiary/aromatic N) is 1. The third-order valence-electron chi connectivity index (χ3n) is 4.39. The molecule has 0 aliphatic heterocycles. The van der Waals surface area contributed by atoms with Crippen molar-refractivity contribution < 1.29 is 19.4 Å². The zero-order chi connectivity index (χ0) is 22.4. The van der Waals surface area contributed by atoms with Gasteiger partial charge in [-0.15, -0.1) is 0 Å². The molecule has 0 unspecified atom stereocenters. The molecule has 1 aromatic heterocycles. The summed E-state index contributed by atoms with van der Waals surface area (Å²) in [6.45, 7) is -0.0744. The van der Waals surface area contributed by atoms with Gasteiger partial charge in [-0.05, 0) is 80.3 Å². The van der Waals surface area contributed by atoms with Gasteiger partial charge in [-0.1, -0.05) is 18.2 Å². The molecule has 3 N–H and O–H groups in total. The van der Waals surface area contributed by atoms with E-state index in [4.69, 9.17) is 9.84 Å². The first kappa shape index (κ1) is 22.8. The number of aromatic nitrogens is 1. The number of hydrogen-bond donors (Lipinski definition) is 3. The van der Waals surface area contributed by atoms with E-state index in [1.165, 1.54) is 6.08 Å². The van der Waals surface area contributed by atoms with E-state index in [0.717, 1.165) is 16.5 Å². The smallest absolute Gasteiger partial charge is 0.341 e. The summed E-state index contributed by atoms with van der Waals surface area (Å²) in [5.74, 6) is -1.15. The molecule has 0 saturated heterocycles. The van der Waals surface area contributed by atoms with Crippen molar-refractivity contribution in [3.05, 3.63) is 67.3 Å². The first-order valence-electron chi connectivity index (χ1n) is 9.17. The number of hydrogen-bond acceptors (Lipinski definition) is 4. The van der Waals surface area contributed by atoms with Gasteiger partial charge >= 0.3 is 5.97 Å². The van der Waals surface area contributed by atoms with Gasteiger partial charge in [0.15, 0.2) is 6.61 Å². The van der Waals surface area contributed by atoms with E-state index in [9.17, 15) is 14.9 Å². The van der Waals surface area contributed by atoms with Gasteiger partial charge in [0.1, 0.15) is 17.4 Å². The number of ether oxygens (including phenoxy) is 1. The number of halogens is 2. The van der Waals surface area contributed by atoms with E-state index in [0.29, 0.717) is 32.3 Å². The van der Waals surface area contributed by atoms with Crippen LogP contribution in [0.5, 0.6) is 5.75 Å². The Morgan fingerprint density at radius 1 is 1.32 bits per heavy atom. The maximum Gasteiger partial charge on any atom is 0.341 e. The van der Waals surface area contributed by atoms with Gasteiger partial charge in [0.25, 0.3) is 5.91 Å². The molecule has 3 aromatic rings. The highest BCUT2D eigenvalue weighted by Crippen LogP contribution is 2.32. The lowest BCUT2D eigenvalue weighted by Crippen LogP contribution is -2.26. The molecule has 0 fully saturated rings. The number of para-hydroxylation sites is 1. The number of benzene rings is 2. The summed E-state index contributed by atoms with van der Waals surface area (Å²) in [6.07, 6.45) is 4.04. The van der Waals surface area contributed by atoms with Crippen LogP contribution in [0.4, 0.5) is 0 Å². The average Bonchev–Trinajstić information content (AvgIpc) is 3.14. The van der Waals surface area contributed by atoms with E-state index in [2.05, 4.69) is 26.2 Å². The summed E-state index contributed by atoms with van der Waals surface area (Å²) in [5.41, 5.74) is 2.72. The molecule has 0 aliphatic rings. The fourth-order valence-corrected chi connectivity index (χ4v) is 4.76. The number of nitrogens with one attached hydrogen (secondary N) is 2. The monoisotopic (exact) mass is 593 g/mol. The van der Waals surface area contributed by atoms with Gasteiger partial charge < -0.3 is 20.1 Å². The summed E-state index contributed by atoms with van der Waals surface area (Å²) in [7, 11) is 0. The topological polar surface area (TPSA) is 115 Å². The van der Waals surface area contributed by atoms with E-state index >= 15 is 0 Å². The van der Waals surface area contributed by atoms with Crippen LogP contribution in [0.15, 0.2) is 52.6 Å². The van der Waals surface area contributed by atoms with Gasteiger partial charge in [-0.2, -0.15) is 5.26 Å². The van der Waals surface area contributed by atoms with E-state index in [-0.39, 0.29) is 5.57 Å². The molecule has 7 nitrogen and oxygen atoms in total. The predicted octanol–water partition coefficient (Wildman–Crippen LogP) is 4.26. The maximum absolute atomic E-state index is 12.5. The Labute approximate surface area is 200 Å². The normalized spacial score (nSPS) is 11.2. The second-order valence-electron chi connectivity index (χ2n) is 6.53. The number of fused-ring (bicyclic) bond motifs is 1. The fraction of sp³-hybridized carbons (Fsp3) is 0.136. The minimum atomic E-state index is -1.08. The molecule has 158 valence electrons. The molecule has 1 amide bonds. The number of carbonyl (C=O) groups is 2. The van der Waals surface area contributed by atoms with E-state index in [1.807, 2.05) is 59.1 Å². The van der Waals surface area contributed by atoms with Crippen molar-refractivity contribution in [3.8, 4) is 11.8 Å². The number of rotatable bonds is 8. The van der Waals surface area contributed by atoms with Crippen LogP contribution in [0.1, 0.15) is 11.1 Å². The summed E-state index contributed by atoms with van der Waals surface area (Å²) >= 11 is 5.35. The summed E-state index contributed by atoms with van der Waals surface area (Å²) < 4.78 is 6.44. The Hall–Kier alpha value is -2.84. The number of amides is 1. The molecule has 1 heterocycles. The van der Waals surface area contributed by atoms with Crippen LogP contribution >= 0.6 is 38.5 Å². The average molecular weight is 594 g/mol. The molecule has 0 atom stereocenters. The molecular formula is C22H17BrIN3O4. The Bertz CT molecular complexity index is 1190. The molecule has 2 aromatic carbocycles. The van der Waals surface area contributed by atoms with E-state index < -0.39 is 18.5 Å². The van der Waals surface area contributed by atoms with Crippen molar-refractivity contribution in [2.75, 3.05) is 13.2 Å². The SMILES string of the molecule is N#C/C(=C/c1cc(Br)c(OCC(=O)O)c(I)c1)C(=O)NCCc1c[nH]c2ccccc12. The maximum atomic E-state index is 12.5. The number of carbonyl (C=O) groups excluding carboxylic acids is 1. The van der Waals surface area contributed by atoms with Crippen LogP contribution in [-0.2, 0) is 16.0 Å². The highest BCUT2D eigenvalue weighted by molar-refractivity contribution is 14.1. The molecule has 0 aliphatic carbocycles. The molecular weight excluding hydrogens is 577 g/mol. The largest absolute Gasteiger partial charge is 0.480 e. The second-order valence-corrected chi connectivity index (χ2v) is 8.55. The van der Waals surface area contributed by atoms with Crippen LogP contribution in [-0.4, -0.2) is 35.1 Å². The van der Waals surface area contributed by atoms with Crippen LogP contribution in [0.3, 0.4) is 0 Å². The van der Waals surface area contributed by atoms with Crippen molar-refractivity contribution in [3.63, 3.8) is 0 Å². The minimum Gasteiger partial charge on any atom is -0.480 e. The standard InChI is InChI=1S/C22H17BrIN3O4/c23-17-8-13(9-18(24)21(17)31-12-20(28)29)7-15(10-25)22(30)26-6-5-14-11-27-19-4-2-1-3-16(14)19/h1-4,7-9,11,27H,5-6,12H2,(H,26,30)(H,28,29)/b15-7-. The highest BCUT2D eigenvalue weighted by Gasteiger charge is 2.13. The first-order valence-corrected chi connectivity index (χ1v) is 11.0. The number of carboxylic acid groups (broad SMARTS) is 1. The van der Waals surface area contributed by atoms with Crippen molar-refractivity contribution in [1.82, 2.24) is 10.3 Å². The lowest BCUT2D eigenvalue weighted by molar-refractivity contribution is -0.139. The number of carboxylic acids is 1. The lowest BCUT2D eigenvalue weighted by atomic mass is 10.1. The predicted molar refractivity (Wildman–Crippen MR) is 129 cm³/mol. The number of nitriles is 1. The lowest BCUT2D eigenvalue weighted by Gasteiger charge is -2.10. The van der Waals surface area contributed by atoms with Crippen molar-refractivity contribution in [2.24, 2.45) is 0 Å². The third-order valence-corrected chi connectivity index (χ3v) is 5.78. The zero-order valence-corrected chi connectivity index (χ0v) is 19.9. The first-order chi connectivity index (χ1) is 14.9. The Morgan fingerprint density at radius 2 is 2.10 bits per heavy atom. The molecule has 0 saturated carbocycles. The third kappa shape index (κ3) is 5.86. The molecule has 0 radical (unpaired) electrons. The molecule has 0 spiro atoms. The number of H-pyrrole nitrogens is 1. The minimum absolute atomic E-state index is 0.0270. The molecule has 9 heteroatoms. The van der Waals surface area contributed by atoms with Crippen LogP contribution in [0.25, 0.3) is 17.0 Å². The van der Waals surface area contributed by atoms with Crippen molar-refractivity contribution in [1.29, 1.82) is 5.26 Å². The molecule has 31 heavy (non-hydrogen) atoms. The Kier molecular flexibility index (Phi) is 7.70. The second kappa shape index (κ2) is 10.5.